The Bertz CT molecular complexity index is 117. The van der Waals surface area contributed by atoms with Gasteiger partial charge in [0.1, 0.15) is 0 Å². The molecule has 0 heterocycles. The molecule has 0 spiro atoms. The highest BCUT2D eigenvalue weighted by atomic mass is 31.0. The minimum absolute atomic E-state index is 0.537. The average Bonchev–Trinajstić information content (AvgIpc) is 2.20. The van der Waals surface area contributed by atoms with E-state index < -0.39 is 0 Å². The van der Waals surface area contributed by atoms with E-state index in [0.717, 1.165) is 5.57 Å². The van der Waals surface area contributed by atoms with Crippen LogP contribution in [0.2, 0.25) is 0 Å². The van der Waals surface area contributed by atoms with Gasteiger partial charge in [0, 0.05) is 6.54 Å². The minimum atomic E-state index is 0.537. The van der Waals surface area contributed by atoms with Crippen LogP contribution in [0.1, 0.15) is 13.8 Å². The van der Waals surface area contributed by atoms with Crippen molar-refractivity contribution in [1.29, 1.82) is 0 Å². The van der Waals surface area contributed by atoms with E-state index in [1.165, 1.54) is 0 Å². The van der Waals surface area contributed by atoms with Gasteiger partial charge in [-0.1, -0.05) is 51.9 Å². The number of hydrogen-bond donors (Lipinski definition) is 1. The van der Waals surface area contributed by atoms with E-state index in [0.29, 0.717) is 6.54 Å². The standard InChI is InChI=1S/C7H11N.C2H6.CH5P/c1-3-5-7(4-2)6-8;2*1-2/h3-5H,1-2,6,8H2;1-2H3;2H2,1H3/b7-5+;;. The molecule has 1 nitrogen and oxygen atoms in total. The maximum atomic E-state index is 5.28. The molecule has 0 bridgehead atoms. The minimum Gasteiger partial charge on any atom is -0.326 e. The summed E-state index contributed by atoms with van der Waals surface area (Å²) in [5, 5.41) is 0. The average molecular weight is 187 g/mol. The summed E-state index contributed by atoms with van der Waals surface area (Å²) in [4.78, 5) is 0. The zero-order valence-electron chi connectivity index (χ0n) is 8.51. The first-order chi connectivity index (χ1) is 5.85. The summed E-state index contributed by atoms with van der Waals surface area (Å²) in [5.41, 5.74) is 6.30. The van der Waals surface area contributed by atoms with Crippen molar-refractivity contribution >= 4 is 9.24 Å². The fourth-order valence-corrected chi connectivity index (χ4v) is 0.371. The fourth-order valence-electron chi connectivity index (χ4n) is 0.371. The lowest BCUT2D eigenvalue weighted by Gasteiger charge is -1.89. The molecule has 0 rings (SSSR count). The van der Waals surface area contributed by atoms with Crippen LogP contribution in [0.25, 0.3) is 0 Å². The van der Waals surface area contributed by atoms with Crippen LogP contribution in [0.4, 0.5) is 0 Å². The summed E-state index contributed by atoms with van der Waals surface area (Å²) in [5.74, 6) is 0. The first-order valence-corrected chi connectivity index (χ1v) is 5.22. The van der Waals surface area contributed by atoms with E-state index in [1.807, 2.05) is 26.6 Å². The second-order valence-corrected chi connectivity index (χ2v) is 1.39. The molecule has 0 aromatic heterocycles. The Hall–Kier alpha value is -0.390. The molecule has 12 heavy (non-hydrogen) atoms. The maximum absolute atomic E-state index is 5.28. The number of rotatable bonds is 3. The third-order valence-corrected chi connectivity index (χ3v) is 0.830. The SMILES string of the molecule is C=C/C=C(\C=C)CN.CC.CP. The summed E-state index contributed by atoms with van der Waals surface area (Å²) in [6, 6.07) is 0. The normalized spacial score (nSPS) is 8.25. The quantitative estimate of drug-likeness (QED) is 0.533. The van der Waals surface area contributed by atoms with E-state index in [-0.39, 0.29) is 0 Å². The van der Waals surface area contributed by atoms with Crippen molar-refractivity contribution in [3.63, 3.8) is 0 Å². The van der Waals surface area contributed by atoms with Gasteiger partial charge in [0.25, 0.3) is 0 Å². The van der Waals surface area contributed by atoms with E-state index in [1.54, 1.807) is 12.2 Å². The van der Waals surface area contributed by atoms with Gasteiger partial charge in [-0.15, -0.1) is 9.24 Å². The highest BCUT2D eigenvalue weighted by Crippen LogP contribution is 1.90. The first kappa shape index (κ1) is 17.6. The van der Waals surface area contributed by atoms with Gasteiger partial charge in [-0.25, -0.2) is 0 Å². The van der Waals surface area contributed by atoms with E-state index in [9.17, 15) is 0 Å². The zero-order chi connectivity index (χ0) is 10.4. The first-order valence-electron chi connectivity index (χ1n) is 4.07. The third-order valence-electron chi connectivity index (χ3n) is 0.830. The van der Waals surface area contributed by atoms with Crippen molar-refractivity contribution in [2.24, 2.45) is 5.73 Å². The number of nitrogens with two attached hydrogens (primary N) is 1. The van der Waals surface area contributed by atoms with E-state index in [4.69, 9.17) is 5.73 Å². The molecule has 0 fully saturated rings. The Balaban J connectivity index is -0.000000175. The monoisotopic (exact) mass is 187 g/mol. The number of allylic oxidation sites excluding steroid dienone is 2. The van der Waals surface area contributed by atoms with Crippen LogP contribution in [0.5, 0.6) is 0 Å². The smallest absolute Gasteiger partial charge is 0.0177 e. The topological polar surface area (TPSA) is 26.0 Å². The Kier molecular flexibility index (Phi) is 32.9. The van der Waals surface area contributed by atoms with Gasteiger partial charge < -0.3 is 5.73 Å². The lowest BCUT2D eigenvalue weighted by atomic mass is 10.2. The fraction of sp³-hybridized carbons (Fsp3) is 0.400. The molecule has 72 valence electrons. The Morgan fingerprint density at radius 1 is 1.33 bits per heavy atom. The van der Waals surface area contributed by atoms with Crippen LogP contribution in [0.3, 0.4) is 0 Å². The summed E-state index contributed by atoms with van der Waals surface area (Å²) in [7, 11) is 2.42. The number of hydrogen-bond acceptors (Lipinski definition) is 1. The summed E-state index contributed by atoms with van der Waals surface area (Å²) in [6.07, 6.45) is 5.26. The van der Waals surface area contributed by atoms with Gasteiger partial charge in [-0.3, -0.25) is 0 Å². The summed E-state index contributed by atoms with van der Waals surface area (Å²) >= 11 is 0. The lowest BCUT2D eigenvalue weighted by Crippen LogP contribution is -1.99. The predicted octanol–water partition coefficient (Wildman–Crippen LogP) is 2.76. The Morgan fingerprint density at radius 2 is 1.75 bits per heavy atom. The molecule has 1 atom stereocenters. The molecule has 0 aromatic carbocycles. The Morgan fingerprint density at radius 3 is 1.83 bits per heavy atom. The van der Waals surface area contributed by atoms with Crippen molar-refractivity contribution in [1.82, 2.24) is 0 Å². The molecular formula is C10H22NP. The van der Waals surface area contributed by atoms with Crippen LogP contribution in [0, 0.1) is 0 Å². The highest BCUT2D eigenvalue weighted by Gasteiger charge is 1.79. The molecule has 0 aliphatic carbocycles. The molecule has 0 saturated heterocycles. The van der Waals surface area contributed by atoms with Crippen LogP contribution in [-0.2, 0) is 0 Å². The zero-order valence-corrected chi connectivity index (χ0v) is 9.66. The maximum Gasteiger partial charge on any atom is 0.0177 e. The van der Waals surface area contributed by atoms with Crippen LogP contribution in [0.15, 0.2) is 37.0 Å². The molecule has 0 aliphatic rings. The molecule has 0 saturated carbocycles. The van der Waals surface area contributed by atoms with Gasteiger partial charge in [-0.05, 0) is 5.57 Å². The highest BCUT2D eigenvalue weighted by molar-refractivity contribution is 7.15. The van der Waals surface area contributed by atoms with Crippen molar-refractivity contribution in [3.8, 4) is 0 Å². The van der Waals surface area contributed by atoms with Crippen LogP contribution >= 0.6 is 9.24 Å². The molecule has 1 unspecified atom stereocenters. The second-order valence-electron chi connectivity index (χ2n) is 1.39. The molecule has 0 aliphatic heterocycles. The molecule has 0 amide bonds. The van der Waals surface area contributed by atoms with Gasteiger partial charge in [0.15, 0.2) is 0 Å². The summed E-state index contributed by atoms with van der Waals surface area (Å²) in [6.45, 7) is 13.5. The van der Waals surface area contributed by atoms with Crippen LogP contribution < -0.4 is 5.73 Å². The van der Waals surface area contributed by atoms with Gasteiger partial charge in [0.05, 0.1) is 0 Å². The lowest BCUT2D eigenvalue weighted by molar-refractivity contribution is 1.19. The van der Waals surface area contributed by atoms with Crippen molar-refractivity contribution in [2.45, 2.75) is 13.8 Å². The van der Waals surface area contributed by atoms with E-state index >= 15 is 0 Å². The van der Waals surface area contributed by atoms with Gasteiger partial charge >= 0.3 is 0 Å². The molecule has 0 radical (unpaired) electrons. The second kappa shape index (κ2) is 22.4. The van der Waals surface area contributed by atoms with Crippen LogP contribution in [-0.4, -0.2) is 13.2 Å². The molecule has 2 N–H and O–H groups in total. The van der Waals surface area contributed by atoms with E-state index in [2.05, 4.69) is 22.4 Å². The largest absolute Gasteiger partial charge is 0.326 e. The molecule has 0 aromatic rings. The summed E-state index contributed by atoms with van der Waals surface area (Å²) < 4.78 is 0. The Labute approximate surface area is 79.6 Å². The van der Waals surface area contributed by atoms with Crippen molar-refractivity contribution < 1.29 is 0 Å². The van der Waals surface area contributed by atoms with Crippen molar-refractivity contribution in [3.05, 3.63) is 37.0 Å². The third kappa shape index (κ3) is 16.3. The van der Waals surface area contributed by atoms with Gasteiger partial charge in [0.2, 0.25) is 0 Å². The predicted molar refractivity (Wildman–Crippen MR) is 64.5 cm³/mol. The molecule has 2 heteroatoms. The van der Waals surface area contributed by atoms with Gasteiger partial charge in [-0.2, -0.15) is 0 Å². The van der Waals surface area contributed by atoms with Crippen molar-refractivity contribution in [2.75, 3.05) is 13.2 Å². The molecular weight excluding hydrogens is 165 g/mol.